The van der Waals surface area contributed by atoms with E-state index in [0.29, 0.717) is 0 Å². The summed E-state index contributed by atoms with van der Waals surface area (Å²) in [5.41, 5.74) is 0.743. The summed E-state index contributed by atoms with van der Waals surface area (Å²) < 4.78 is 31.2. The molecule has 1 aromatic rings. The van der Waals surface area contributed by atoms with E-state index in [1.165, 1.54) is 0 Å². The van der Waals surface area contributed by atoms with E-state index in [1.807, 2.05) is 5.32 Å². The van der Waals surface area contributed by atoms with Crippen molar-refractivity contribution < 1.29 is 22.7 Å². The molecule has 0 atom stereocenters. The predicted octanol–water partition coefficient (Wildman–Crippen LogP) is -0.507. The summed E-state index contributed by atoms with van der Waals surface area (Å²) in [4.78, 5) is 22.0. The first-order valence-corrected chi connectivity index (χ1v) is 7.07. The van der Waals surface area contributed by atoms with Crippen LogP contribution in [0.4, 0.5) is 4.79 Å². The van der Waals surface area contributed by atoms with Gasteiger partial charge in [-0.05, 0) is 5.56 Å². The summed E-state index contributed by atoms with van der Waals surface area (Å²) in [6, 6.07) is 7.78. The first-order valence-electron chi connectivity index (χ1n) is 5.59. The van der Waals surface area contributed by atoms with Gasteiger partial charge in [-0.3, -0.25) is 4.79 Å². The van der Waals surface area contributed by atoms with E-state index in [0.717, 1.165) is 12.7 Å². The number of rotatable bonds is 6. The van der Waals surface area contributed by atoms with Crippen LogP contribution in [-0.2, 0) is 26.3 Å². The number of urea groups is 1. The first kappa shape index (κ1) is 15.9. The van der Waals surface area contributed by atoms with Gasteiger partial charge in [0, 0.05) is 6.54 Å². The van der Waals surface area contributed by atoms with E-state index >= 15 is 0 Å². The first-order chi connectivity index (χ1) is 9.43. The molecule has 0 bridgehead atoms. The van der Waals surface area contributed by atoms with E-state index in [2.05, 4.69) is 9.46 Å². The molecule has 2 amide bonds. The largest absolute Gasteiger partial charge is 0.468 e. The molecular weight excluding hydrogens is 286 g/mol. The zero-order valence-electron chi connectivity index (χ0n) is 10.8. The molecule has 0 aliphatic carbocycles. The predicted molar refractivity (Wildman–Crippen MR) is 70.8 cm³/mol. The maximum Gasteiger partial charge on any atom is 0.329 e. The molecule has 0 aliphatic heterocycles. The molecule has 8 nitrogen and oxygen atoms in total. The lowest BCUT2D eigenvalue weighted by molar-refractivity contribution is -0.139. The second-order valence-corrected chi connectivity index (χ2v) is 5.17. The SMILES string of the molecule is COC(=O)CNC(=O)NS(=O)(=O)NCc1ccccc1. The number of hydrogen-bond acceptors (Lipinski definition) is 5. The van der Waals surface area contributed by atoms with Gasteiger partial charge >= 0.3 is 22.2 Å². The van der Waals surface area contributed by atoms with E-state index in [1.54, 1.807) is 35.1 Å². The highest BCUT2D eigenvalue weighted by Gasteiger charge is 2.14. The molecule has 0 saturated heterocycles. The molecule has 0 fully saturated rings. The molecule has 3 N–H and O–H groups in total. The second-order valence-electron chi connectivity index (χ2n) is 3.67. The zero-order valence-corrected chi connectivity index (χ0v) is 11.6. The molecule has 0 aliphatic rings. The van der Waals surface area contributed by atoms with Gasteiger partial charge in [-0.1, -0.05) is 30.3 Å². The van der Waals surface area contributed by atoms with Gasteiger partial charge in [0.25, 0.3) is 0 Å². The molecule has 20 heavy (non-hydrogen) atoms. The minimum atomic E-state index is -4.00. The van der Waals surface area contributed by atoms with Crippen LogP contribution >= 0.6 is 0 Å². The van der Waals surface area contributed by atoms with Crippen molar-refractivity contribution in [2.24, 2.45) is 0 Å². The normalized spacial score (nSPS) is 10.7. The van der Waals surface area contributed by atoms with Gasteiger partial charge in [-0.15, -0.1) is 0 Å². The Balaban J connectivity index is 2.41. The number of esters is 1. The Hall–Kier alpha value is -2.13. The van der Waals surface area contributed by atoms with Gasteiger partial charge in [0.05, 0.1) is 7.11 Å². The third-order valence-corrected chi connectivity index (χ3v) is 3.14. The van der Waals surface area contributed by atoms with Gasteiger partial charge in [0.15, 0.2) is 0 Å². The number of hydrogen-bond donors (Lipinski definition) is 3. The van der Waals surface area contributed by atoms with Gasteiger partial charge in [0.1, 0.15) is 6.54 Å². The lowest BCUT2D eigenvalue weighted by Gasteiger charge is -2.09. The zero-order chi connectivity index (χ0) is 15.0. The molecule has 1 rings (SSSR count). The van der Waals surface area contributed by atoms with Crippen LogP contribution in [0.5, 0.6) is 0 Å². The van der Waals surface area contributed by atoms with Crippen LogP contribution in [0.25, 0.3) is 0 Å². The van der Waals surface area contributed by atoms with E-state index in [-0.39, 0.29) is 6.54 Å². The lowest BCUT2D eigenvalue weighted by atomic mass is 10.2. The van der Waals surface area contributed by atoms with Crippen LogP contribution in [0.2, 0.25) is 0 Å². The number of benzene rings is 1. The number of carbonyl (C=O) groups is 2. The number of ether oxygens (including phenoxy) is 1. The van der Waals surface area contributed by atoms with Crippen LogP contribution in [0.1, 0.15) is 5.56 Å². The van der Waals surface area contributed by atoms with E-state index in [9.17, 15) is 18.0 Å². The Kier molecular flexibility index (Phi) is 5.94. The van der Waals surface area contributed by atoms with Crippen LogP contribution in [-0.4, -0.2) is 34.1 Å². The second kappa shape index (κ2) is 7.46. The summed E-state index contributed by atoms with van der Waals surface area (Å²) in [7, 11) is -2.84. The highest BCUT2D eigenvalue weighted by Crippen LogP contribution is 1.97. The summed E-state index contributed by atoms with van der Waals surface area (Å²) >= 11 is 0. The standard InChI is InChI=1S/C11H15N3O5S/c1-19-10(15)8-12-11(16)14-20(17,18)13-7-9-5-3-2-4-6-9/h2-6,13H,7-8H2,1H3,(H2,12,14,16). The van der Waals surface area contributed by atoms with Crippen molar-refractivity contribution in [3.05, 3.63) is 35.9 Å². The van der Waals surface area contributed by atoms with Gasteiger partial charge in [-0.25, -0.2) is 9.52 Å². The number of carbonyl (C=O) groups excluding carboxylic acids is 2. The van der Waals surface area contributed by atoms with Crippen molar-refractivity contribution in [1.82, 2.24) is 14.8 Å². The van der Waals surface area contributed by atoms with Crippen LogP contribution < -0.4 is 14.8 Å². The summed E-state index contributed by atoms with van der Waals surface area (Å²) in [5, 5.41) is 2.04. The Morgan fingerprint density at radius 1 is 1.20 bits per heavy atom. The minimum Gasteiger partial charge on any atom is -0.468 e. The van der Waals surface area contributed by atoms with Crippen molar-refractivity contribution in [2.45, 2.75) is 6.54 Å². The molecule has 0 unspecified atom stereocenters. The van der Waals surface area contributed by atoms with Crippen molar-refractivity contribution >= 4 is 22.2 Å². The van der Waals surface area contributed by atoms with Crippen LogP contribution in [0.3, 0.4) is 0 Å². The number of nitrogens with one attached hydrogen (secondary N) is 3. The summed E-state index contributed by atoms with van der Waals surface area (Å²) in [5.74, 6) is -0.685. The fourth-order valence-corrected chi connectivity index (χ4v) is 1.94. The maximum absolute atomic E-state index is 11.5. The molecule has 0 aromatic heterocycles. The monoisotopic (exact) mass is 301 g/mol. The third-order valence-electron chi connectivity index (χ3n) is 2.16. The Bertz CT molecular complexity index is 559. The molecule has 0 heterocycles. The van der Waals surface area contributed by atoms with Crippen molar-refractivity contribution in [2.75, 3.05) is 13.7 Å². The van der Waals surface area contributed by atoms with E-state index in [4.69, 9.17) is 0 Å². The molecule has 0 radical (unpaired) electrons. The highest BCUT2D eigenvalue weighted by molar-refractivity contribution is 7.88. The molecule has 9 heteroatoms. The molecule has 1 aromatic carbocycles. The highest BCUT2D eigenvalue weighted by atomic mass is 32.2. The topological polar surface area (TPSA) is 114 Å². The van der Waals surface area contributed by atoms with Crippen molar-refractivity contribution in [1.29, 1.82) is 0 Å². The maximum atomic E-state index is 11.5. The number of methoxy groups -OCH3 is 1. The summed E-state index contributed by atoms with van der Waals surface area (Å²) in [6.45, 7) is -0.378. The molecule has 110 valence electrons. The van der Waals surface area contributed by atoms with Gasteiger partial charge in [0.2, 0.25) is 0 Å². The smallest absolute Gasteiger partial charge is 0.329 e. The van der Waals surface area contributed by atoms with Gasteiger partial charge in [-0.2, -0.15) is 13.1 Å². The van der Waals surface area contributed by atoms with Crippen LogP contribution in [0.15, 0.2) is 30.3 Å². The third kappa shape index (κ3) is 6.16. The lowest BCUT2D eigenvalue weighted by Crippen LogP contribution is -2.46. The van der Waals surface area contributed by atoms with E-state index < -0.39 is 28.8 Å². The van der Waals surface area contributed by atoms with Crippen molar-refractivity contribution in [3.63, 3.8) is 0 Å². The minimum absolute atomic E-state index is 0.0421. The fourth-order valence-electron chi connectivity index (χ4n) is 1.19. The Morgan fingerprint density at radius 3 is 2.45 bits per heavy atom. The number of amides is 2. The quantitative estimate of drug-likeness (QED) is 0.613. The van der Waals surface area contributed by atoms with Crippen molar-refractivity contribution in [3.8, 4) is 0 Å². The van der Waals surface area contributed by atoms with Gasteiger partial charge < -0.3 is 10.1 Å². The summed E-state index contributed by atoms with van der Waals surface area (Å²) in [6.07, 6.45) is 0. The fraction of sp³-hybridized carbons (Fsp3) is 0.273. The van der Waals surface area contributed by atoms with Crippen LogP contribution in [0, 0.1) is 0 Å². The molecule has 0 spiro atoms. The molecular formula is C11H15N3O5S. The molecule has 0 saturated carbocycles. The average molecular weight is 301 g/mol. The Morgan fingerprint density at radius 2 is 1.85 bits per heavy atom. The average Bonchev–Trinajstić information content (AvgIpc) is 2.43. The Labute approximate surface area is 116 Å².